The smallest absolute Gasteiger partial charge is 0.352 e. The van der Waals surface area contributed by atoms with Gasteiger partial charge in [-0.05, 0) is 36.0 Å². The zero-order valence-corrected chi connectivity index (χ0v) is 11.7. The molecule has 0 aliphatic rings. The minimum Gasteiger partial charge on any atom is -0.461 e. The van der Waals surface area contributed by atoms with Gasteiger partial charge in [0.15, 0.2) is 4.88 Å². The van der Waals surface area contributed by atoms with Gasteiger partial charge in [0.2, 0.25) is 0 Å². The molecule has 0 aromatic carbocycles. The number of carbonyl (C=O) groups is 1. The summed E-state index contributed by atoms with van der Waals surface area (Å²) in [6.45, 7) is 4.59. The van der Waals surface area contributed by atoms with E-state index in [1.807, 2.05) is 6.07 Å². The normalized spacial score (nSPS) is 10.7. The van der Waals surface area contributed by atoms with Gasteiger partial charge in [-0.2, -0.15) is 0 Å². The second-order valence-corrected chi connectivity index (χ2v) is 5.26. The first-order valence-corrected chi connectivity index (χ1v) is 6.85. The number of carbonyl (C=O) groups excluding carboxylic acids is 1. The molecule has 0 saturated carbocycles. The van der Waals surface area contributed by atoms with E-state index >= 15 is 0 Å². The zero-order valence-electron chi connectivity index (χ0n) is 10.9. The van der Waals surface area contributed by atoms with Gasteiger partial charge < -0.3 is 4.74 Å². The number of hydrogen-bond donors (Lipinski definition) is 0. The fourth-order valence-electron chi connectivity index (χ4n) is 1.47. The second kappa shape index (κ2) is 6.38. The molecule has 0 bridgehead atoms. The van der Waals surface area contributed by atoms with Crippen molar-refractivity contribution in [1.29, 1.82) is 0 Å². The highest BCUT2D eigenvalue weighted by Gasteiger charge is 2.19. The van der Waals surface area contributed by atoms with E-state index < -0.39 is 0 Å². The summed E-state index contributed by atoms with van der Waals surface area (Å²) < 4.78 is 9.06. The summed E-state index contributed by atoms with van der Waals surface area (Å²) in [4.78, 5) is 16.4. The third-order valence-corrected chi connectivity index (χ3v) is 3.24. The maximum absolute atomic E-state index is 12.0. The lowest BCUT2D eigenvalue weighted by Gasteiger charge is -2.06. The van der Waals surface area contributed by atoms with Gasteiger partial charge in [-0.25, -0.2) is 4.79 Å². The van der Waals surface area contributed by atoms with Gasteiger partial charge in [0.1, 0.15) is 5.69 Å². The molecule has 2 aromatic heterocycles. The van der Waals surface area contributed by atoms with E-state index in [2.05, 4.69) is 28.4 Å². The molecular weight excluding hydrogens is 262 g/mol. The number of pyridine rings is 1. The molecule has 0 aliphatic heterocycles. The van der Waals surface area contributed by atoms with E-state index in [0.717, 1.165) is 23.5 Å². The van der Waals surface area contributed by atoms with Crippen molar-refractivity contribution in [2.75, 3.05) is 6.61 Å². The predicted octanol–water partition coefficient (Wildman–Crippen LogP) is 2.80. The van der Waals surface area contributed by atoms with Gasteiger partial charge in [-0.3, -0.25) is 4.98 Å². The highest BCUT2D eigenvalue weighted by Crippen LogP contribution is 2.23. The average molecular weight is 277 g/mol. The summed E-state index contributed by atoms with van der Waals surface area (Å²) in [5.41, 5.74) is 1.31. The average Bonchev–Trinajstić information content (AvgIpc) is 2.88. The van der Waals surface area contributed by atoms with Crippen LogP contribution in [-0.4, -0.2) is 27.1 Å². The van der Waals surface area contributed by atoms with Crippen molar-refractivity contribution < 1.29 is 9.53 Å². The standard InChI is InChI=1S/C13H15N3O2S/c1-9(2)5-7-18-13(17)12-11(15-16-19-12)10-4-3-6-14-8-10/h3-4,6,8-9H,5,7H2,1-2H3. The summed E-state index contributed by atoms with van der Waals surface area (Å²) in [5, 5.41) is 3.98. The molecule has 0 amide bonds. The van der Waals surface area contributed by atoms with Crippen LogP contribution in [0.2, 0.25) is 0 Å². The largest absolute Gasteiger partial charge is 0.461 e. The van der Waals surface area contributed by atoms with Crippen LogP contribution in [0, 0.1) is 5.92 Å². The van der Waals surface area contributed by atoms with Crippen LogP contribution >= 0.6 is 11.5 Å². The first-order chi connectivity index (χ1) is 9.18. The number of rotatable bonds is 5. The molecule has 0 spiro atoms. The van der Waals surface area contributed by atoms with Crippen molar-refractivity contribution in [2.24, 2.45) is 5.92 Å². The van der Waals surface area contributed by atoms with Crippen LogP contribution in [-0.2, 0) is 4.74 Å². The number of esters is 1. The van der Waals surface area contributed by atoms with Crippen molar-refractivity contribution in [1.82, 2.24) is 14.6 Å². The number of ether oxygens (including phenoxy) is 1. The fraction of sp³-hybridized carbons (Fsp3) is 0.385. The predicted molar refractivity (Wildman–Crippen MR) is 72.9 cm³/mol. The van der Waals surface area contributed by atoms with Crippen molar-refractivity contribution in [3.8, 4) is 11.3 Å². The summed E-state index contributed by atoms with van der Waals surface area (Å²) in [6, 6.07) is 3.64. The number of nitrogens with zero attached hydrogens (tertiary/aromatic N) is 3. The second-order valence-electron chi connectivity index (χ2n) is 4.51. The lowest BCUT2D eigenvalue weighted by Crippen LogP contribution is -2.07. The van der Waals surface area contributed by atoms with E-state index in [1.54, 1.807) is 18.5 Å². The van der Waals surface area contributed by atoms with Crippen LogP contribution in [0.1, 0.15) is 29.9 Å². The zero-order chi connectivity index (χ0) is 13.7. The number of hydrogen-bond acceptors (Lipinski definition) is 6. The molecular formula is C13H15N3O2S. The Bertz CT molecular complexity index is 540. The van der Waals surface area contributed by atoms with Crippen LogP contribution in [0.3, 0.4) is 0 Å². The molecule has 2 rings (SSSR count). The summed E-state index contributed by atoms with van der Waals surface area (Å²) in [7, 11) is 0. The van der Waals surface area contributed by atoms with Crippen molar-refractivity contribution in [3.05, 3.63) is 29.4 Å². The Morgan fingerprint density at radius 2 is 2.32 bits per heavy atom. The van der Waals surface area contributed by atoms with Crippen LogP contribution in [0.5, 0.6) is 0 Å². The molecule has 19 heavy (non-hydrogen) atoms. The van der Waals surface area contributed by atoms with Gasteiger partial charge in [-0.1, -0.05) is 18.3 Å². The topological polar surface area (TPSA) is 65.0 Å². The molecule has 0 fully saturated rings. The van der Waals surface area contributed by atoms with Crippen LogP contribution in [0.25, 0.3) is 11.3 Å². The fourth-order valence-corrected chi connectivity index (χ4v) is 2.05. The maximum Gasteiger partial charge on any atom is 0.352 e. The van der Waals surface area contributed by atoms with Gasteiger partial charge in [0, 0.05) is 18.0 Å². The monoisotopic (exact) mass is 277 g/mol. The lowest BCUT2D eigenvalue weighted by atomic mass is 10.1. The van der Waals surface area contributed by atoms with Crippen LogP contribution < -0.4 is 0 Å². The summed E-state index contributed by atoms with van der Waals surface area (Å²) in [6.07, 6.45) is 4.17. The first kappa shape index (κ1) is 13.6. The maximum atomic E-state index is 12.0. The molecule has 5 nitrogen and oxygen atoms in total. The van der Waals surface area contributed by atoms with Crippen molar-refractivity contribution >= 4 is 17.5 Å². The molecule has 0 aliphatic carbocycles. The van der Waals surface area contributed by atoms with E-state index in [9.17, 15) is 4.79 Å². The molecule has 2 heterocycles. The quantitative estimate of drug-likeness (QED) is 0.786. The Kier molecular flexibility index (Phi) is 4.57. The Balaban J connectivity index is 2.09. The van der Waals surface area contributed by atoms with Gasteiger partial charge >= 0.3 is 5.97 Å². The minimum atomic E-state index is -0.366. The van der Waals surface area contributed by atoms with Crippen LogP contribution in [0.4, 0.5) is 0 Å². The highest BCUT2D eigenvalue weighted by molar-refractivity contribution is 7.08. The molecule has 0 atom stereocenters. The highest BCUT2D eigenvalue weighted by atomic mass is 32.1. The first-order valence-electron chi connectivity index (χ1n) is 6.08. The molecule has 2 aromatic rings. The third kappa shape index (κ3) is 3.57. The van der Waals surface area contributed by atoms with Crippen LogP contribution in [0.15, 0.2) is 24.5 Å². The van der Waals surface area contributed by atoms with Gasteiger partial charge in [0.25, 0.3) is 0 Å². The van der Waals surface area contributed by atoms with E-state index in [-0.39, 0.29) is 5.97 Å². The Hall–Kier alpha value is -1.82. The Morgan fingerprint density at radius 1 is 1.47 bits per heavy atom. The molecule has 100 valence electrons. The summed E-state index contributed by atoms with van der Waals surface area (Å²) >= 11 is 1.05. The van der Waals surface area contributed by atoms with Crippen molar-refractivity contribution in [2.45, 2.75) is 20.3 Å². The van der Waals surface area contributed by atoms with Gasteiger partial charge in [0.05, 0.1) is 6.61 Å². The number of aromatic nitrogens is 3. The Morgan fingerprint density at radius 3 is 3.00 bits per heavy atom. The minimum absolute atomic E-state index is 0.366. The molecule has 0 N–H and O–H groups in total. The van der Waals surface area contributed by atoms with Crippen molar-refractivity contribution in [3.63, 3.8) is 0 Å². The lowest BCUT2D eigenvalue weighted by molar-refractivity contribution is 0.0494. The molecule has 6 heteroatoms. The molecule has 0 radical (unpaired) electrons. The van der Waals surface area contributed by atoms with E-state index in [0.29, 0.717) is 23.1 Å². The van der Waals surface area contributed by atoms with E-state index in [4.69, 9.17) is 4.74 Å². The van der Waals surface area contributed by atoms with E-state index in [1.165, 1.54) is 0 Å². The Labute approximate surface area is 115 Å². The summed E-state index contributed by atoms with van der Waals surface area (Å²) in [5.74, 6) is 0.139. The molecule has 0 unspecified atom stereocenters. The SMILES string of the molecule is CC(C)CCOC(=O)c1snnc1-c1cccnc1. The third-order valence-electron chi connectivity index (χ3n) is 2.54. The molecule has 0 saturated heterocycles. The van der Waals surface area contributed by atoms with Gasteiger partial charge in [-0.15, -0.1) is 5.10 Å².